The van der Waals surface area contributed by atoms with Crippen LogP contribution in [0.3, 0.4) is 0 Å². The first-order chi connectivity index (χ1) is 11.5. The number of halogens is 1. The van der Waals surface area contributed by atoms with E-state index in [1.807, 2.05) is 24.3 Å². The first-order valence-corrected chi connectivity index (χ1v) is 7.85. The molecule has 7 heteroatoms. The quantitative estimate of drug-likeness (QED) is 0.672. The van der Waals surface area contributed by atoms with Crippen LogP contribution in [0.15, 0.2) is 42.5 Å². The van der Waals surface area contributed by atoms with Crippen molar-refractivity contribution in [3.63, 3.8) is 0 Å². The molecular weight excluding hydrogens is 332 g/mol. The second kappa shape index (κ2) is 6.98. The number of benzene rings is 2. The minimum absolute atomic E-state index is 0.0301. The molecule has 0 radical (unpaired) electrons. The topological polar surface area (TPSA) is 81.5 Å². The van der Waals surface area contributed by atoms with Gasteiger partial charge in [-0.15, -0.1) is 0 Å². The van der Waals surface area contributed by atoms with Gasteiger partial charge in [0.15, 0.2) is 0 Å². The zero-order valence-electron chi connectivity index (χ0n) is 12.7. The molecule has 124 valence electrons. The zero-order chi connectivity index (χ0) is 17.1. The molecule has 0 spiro atoms. The third-order valence-corrected chi connectivity index (χ3v) is 4.21. The molecule has 2 aromatic rings. The summed E-state index contributed by atoms with van der Waals surface area (Å²) in [6, 6.07) is 12.0. The molecule has 3 rings (SSSR count). The standard InChI is InChI=1S/C17H15ClN2O4/c18-14-6-5-12(9-15(14)20(22)23)19-17(21)10-16-13-4-2-1-3-11(13)7-8-24-16/h1-6,9,16H,7-8,10H2,(H,19,21). The van der Waals surface area contributed by atoms with Crippen LogP contribution in [-0.4, -0.2) is 17.4 Å². The summed E-state index contributed by atoms with van der Waals surface area (Å²) in [5.41, 5.74) is 2.29. The van der Waals surface area contributed by atoms with Gasteiger partial charge in [0.05, 0.1) is 24.1 Å². The summed E-state index contributed by atoms with van der Waals surface area (Å²) in [7, 11) is 0. The summed E-state index contributed by atoms with van der Waals surface area (Å²) < 4.78 is 5.70. The van der Waals surface area contributed by atoms with Crippen LogP contribution in [0.25, 0.3) is 0 Å². The van der Waals surface area contributed by atoms with Crippen LogP contribution in [-0.2, 0) is 16.0 Å². The Bertz CT molecular complexity index is 794. The van der Waals surface area contributed by atoms with Gasteiger partial charge in [0.2, 0.25) is 5.91 Å². The summed E-state index contributed by atoms with van der Waals surface area (Å²) in [4.78, 5) is 22.6. The predicted octanol–water partition coefficient (Wildman–Crippen LogP) is 3.89. The van der Waals surface area contributed by atoms with Crippen molar-refractivity contribution in [2.45, 2.75) is 18.9 Å². The summed E-state index contributed by atoms with van der Waals surface area (Å²) >= 11 is 5.77. The van der Waals surface area contributed by atoms with Crippen molar-refractivity contribution >= 4 is 28.9 Å². The number of fused-ring (bicyclic) bond motifs is 1. The lowest BCUT2D eigenvalue weighted by Crippen LogP contribution is -2.22. The van der Waals surface area contributed by atoms with Gasteiger partial charge in [-0.3, -0.25) is 14.9 Å². The highest BCUT2D eigenvalue weighted by atomic mass is 35.5. The first-order valence-electron chi connectivity index (χ1n) is 7.48. The Kier molecular flexibility index (Phi) is 4.78. The van der Waals surface area contributed by atoms with Gasteiger partial charge >= 0.3 is 0 Å². The number of amides is 1. The number of rotatable bonds is 4. The molecule has 1 aliphatic heterocycles. The van der Waals surface area contributed by atoms with Gasteiger partial charge in [-0.1, -0.05) is 35.9 Å². The van der Waals surface area contributed by atoms with Crippen LogP contribution in [0, 0.1) is 10.1 Å². The molecule has 24 heavy (non-hydrogen) atoms. The molecule has 0 fully saturated rings. The van der Waals surface area contributed by atoms with Crippen molar-refractivity contribution in [1.82, 2.24) is 0 Å². The minimum atomic E-state index is -0.585. The van der Waals surface area contributed by atoms with Gasteiger partial charge in [0, 0.05) is 11.8 Å². The van der Waals surface area contributed by atoms with Gasteiger partial charge in [-0.25, -0.2) is 0 Å². The molecule has 0 saturated heterocycles. The van der Waals surface area contributed by atoms with Gasteiger partial charge in [0.25, 0.3) is 5.69 Å². The monoisotopic (exact) mass is 346 g/mol. The van der Waals surface area contributed by atoms with Gasteiger partial charge in [-0.2, -0.15) is 0 Å². The molecule has 1 aliphatic rings. The lowest BCUT2D eigenvalue weighted by atomic mass is 9.95. The highest BCUT2D eigenvalue weighted by molar-refractivity contribution is 6.32. The van der Waals surface area contributed by atoms with E-state index in [9.17, 15) is 14.9 Å². The third kappa shape index (κ3) is 3.55. The Morgan fingerprint density at radius 3 is 2.92 bits per heavy atom. The maximum atomic E-state index is 12.3. The number of hydrogen-bond acceptors (Lipinski definition) is 4. The molecule has 0 aromatic heterocycles. The Morgan fingerprint density at radius 1 is 1.33 bits per heavy atom. The smallest absolute Gasteiger partial charge is 0.289 e. The Balaban J connectivity index is 1.71. The van der Waals surface area contributed by atoms with E-state index >= 15 is 0 Å². The zero-order valence-corrected chi connectivity index (χ0v) is 13.5. The number of ether oxygens (including phenoxy) is 1. The minimum Gasteiger partial charge on any atom is -0.373 e. The Labute approximate surface area is 143 Å². The van der Waals surface area contributed by atoms with E-state index in [-0.39, 0.29) is 29.1 Å². The highest BCUT2D eigenvalue weighted by Gasteiger charge is 2.23. The average molecular weight is 347 g/mol. The van der Waals surface area contributed by atoms with Crippen molar-refractivity contribution in [2.75, 3.05) is 11.9 Å². The summed E-state index contributed by atoms with van der Waals surface area (Å²) in [6.45, 7) is 0.571. The number of anilines is 1. The Hall–Kier alpha value is -2.44. The number of nitro benzene ring substituents is 1. The molecule has 2 aromatic carbocycles. The second-order valence-corrected chi connectivity index (χ2v) is 5.89. The molecule has 1 amide bonds. The van der Waals surface area contributed by atoms with E-state index in [1.165, 1.54) is 23.8 Å². The fourth-order valence-corrected chi connectivity index (χ4v) is 2.94. The van der Waals surface area contributed by atoms with E-state index in [0.29, 0.717) is 12.3 Å². The van der Waals surface area contributed by atoms with Crippen molar-refractivity contribution < 1.29 is 14.5 Å². The largest absolute Gasteiger partial charge is 0.373 e. The van der Waals surface area contributed by atoms with Crippen molar-refractivity contribution in [1.29, 1.82) is 0 Å². The molecule has 0 aliphatic carbocycles. The molecule has 0 saturated carbocycles. The molecule has 1 unspecified atom stereocenters. The van der Waals surface area contributed by atoms with Gasteiger partial charge in [0.1, 0.15) is 5.02 Å². The van der Waals surface area contributed by atoms with Crippen LogP contribution in [0.4, 0.5) is 11.4 Å². The SMILES string of the molecule is O=C(CC1OCCc2ccccc21)Nc1ccc(Cl)c([N+](=O)[O-])c1. The van der Waals surface area contributed by atoms with E-state index in [4.69, 9.17) is 16.3 Å². The molecule has 1 N–H and O–H groups in total. The number of hydrogen-bond donors (Lipinski definition) is 1. The summed E-state index contributed by atoms with van der Waals surface area (Å²) in [5.74, 6) is -0.270. The molecular formula is C17H15ClN2O4. The van der Waals surface area contributed by atoms with E-state index in [0.717, 1.165) is 12.0 Å². The van der Waals surface area contributed by atoms with Crippen LogP contribution in [0.5, 0.6) is 0 Å². The fraction of sp³-hybridized carbons (Fsp3) is 0.235. The van der Waals surface area contributed by atoms with Crippen LogP contribution in [0.2, 0.25) is 5.02 Å². The number of carbonyl (C=O) groups is 1. The first kappa shape index (κ1) is 16.4. The molecule has 0 bridgehead atoms. The molecule has 1 atom stereocenters. The summed E-state index contributed by atoms with van der Waals surface area (Å²) in [6.07, 6.45) is 0.669. The third-order valence-electron chi connectivity index (χ3n) is 3.89. The summed E-state index contributed by atoms with van der Waals surface area (Å²) in [5, 5.41) is 13.6. The van der Waals surface area contributed by atoms with Crippen molar-refractivity contribution in [2.24, 2.45) is 0 Å². The lowest BCUT2D eigenvalue weighted by molar-refractivity contribution is -0.384. The van der Waals surface area contributed by atoms with Gasteiger partial charge in [-0.05, 0) is 29.7 Å². The van der Waals surface area contributed by atoms with E-state index in [1.54, 1.807) is 0 Å². The van der Waals surface area contributed by atoms with Gasteiger partial charge < -0.3 is 10.1 Å². The van der Waals surface area contributed by atoms with Crippen LogP contribution < -0.4 is 5.32 Å². The highest BCUT2D eigenvalue weighted by Crippen LogP contribution is 2.31. The van der Waals surface area contributed by atoms with Crippen molar-refractivity contribution in [3.8, 4) is 0 Å². The van der Waals surface area contributed by atoms with E-state index in [2.05, 4.69) is 5.32 Å². The van der Waals surface area contributed by atoms with E-state index < -0.39 is 4.92 Å². The van der Waals surface area contributed by atoms with Crippen LogP contribution in [0.1, 0.15) is 23.7 Å². The molecule has 6 nitrogen and oxygen atoms in total. The van der Waals surface area contributed by atoms with Crippen molar-refractivity contribution in [3.05, 3.63) is 68.7 Å². The predicted molar refractivity (Wildman–Crippen MR) is 90.2 cm³/mol. The fourth-order valence-electron chi connectivity index (χ4n) is 2.76. The Morgan fingerprint density at radius 2 is 2.12 bits per heavy atom. The normalized spacial score (nSPS) is 16.3. The lowest BCUT2D eigenvalue weighted by Gasteiger charge is -2.25. The molecule has 1 heterocycles. The maximum absolute atomic E-state index is 12.3. The van der Waals surface area contributed by atoms with Crippen LogP contribution >= 0.6 is 11.6 Å². The average Bonchev–Trinajstić information content (AvgIpc) is 2.56. The maximum Gasteiger partial charge on any atom is 0.289 e. The number of nitro groups is 1. The number of carbonyl (C=O) groups excluding carboxylic acids is 1. The number of nitrogens with one attached hydrogen (secondary N) is 1. The number of nitrogens with zero attached hydrogens (tertiary/aromatic N) is 1. The second-order valence-electron chi connectivity index (χ2n) is 5.48.